The summed E-state index contributed by atoms with van der Waals surface area (Å²) in [6, 6.07) is 9.65. The summed E-state index contributed by atoms with van der Waals surface area (Å²) in [5.41, 5.74) is 5.93. The first-order valence-corrected chi connectivity index (χ1v) is 12.8. The summed E-state index contributed by atoms with van der Waals surface area (Å²) < 4.78 is 7.39. The third-order valence-electron chi connectivity index (χ3n) is 9.93. The predicted octanol–water partition coefficient (Wildman–Crippen LogP) is 6.32. The maximum atomic E-state index is 7.39. The molecule has 0 unspecified atom stereocenters. The van der Waals surface area contributed by atoms with E-state index in [1.54, 1.807) is 5.57 Å². The molecule has 3 heteroatoms. The zero-order valence-corrected chi connectivity index (χ0v) is 20.1. The van der Waals surface area contributed by atoms with Crippen molar-refractivity contribution in [1.29, 1.82) is 0 Å². The summed E-state index contributed by atoms with van der Waals surface area (Å²) in [5.74, 6) is 0.515. The summed E-state index contributed by atoms with van der Waals surface area (Å²) in [4.78, 5) is 6.78. The fourth-order valence-electron chi connectivity index (χ4n) is 8.10. The van der Waals surface area contributed by atoms with Crippen molar-refractivity contribution in [3.63, 3.8) is 0 Å². The van der Waals surface area contributed by atoms with Crippen LogP contribution in [-0.2, 0) is 4.74 Å². The van der Waals surface area contributed by atoms with Gasteiger partial charge in [0.25, 0.3) is 0 Å². The fraction of sp³-hybridized carbons (Fsp3) is 0.500. The molecule has 0 N–H and O–H groups in total. The Morgan fingerprint density at radius 1 is 1.09 bits per heavy atom. The third kappa shape index (κ3) is 2.61. The smallest absolute Gasteiger partial charge is 0.0980 e. The highest BCUT2D eigenvalue weighted by atomic mass is 16.5. The molecule has 7 rings (SSSR count). The first kappa shape index (κ1) is 20.2. The SMILES string of the molecule is CN(C)[C@H]1CCC2=CC3=CC[C@]4(C)C(c5ccc6ccncc6c5)=CC[C@H]4[C@@]34CC[C@]2(C1)O4. The van der Waals surface area contributed by atoms with Gasteiger partial charge in [-0.2, -0.15) is 0 Å². The molecule has 170 valence electrons. The Labute approximate surface area is 197 Å². The van der Waals surface area contributed by atoms with E-state index in [0.717, 1.165) is 19.3 Å². The predicted molar refractivity (Wildman–Crippen MR) is 134 cm³/mol. The van der Waals surface area contributed by atoms with Gasteiger partial charge in [-0.15, -0.1) is 0 Å². The molecule has 2 aromatic rings. The standard InChI is InChI=1S/C30H34N2O/c1-28-12-10-24-17-23-6-7-25(32(2)3)18-29(23)13-14-30(24,33-29)27(28)9-8-26(28)21-5-4-20-11-15-31-19-22(20)16-21/h4-5,8,10-11,15-17,19,25,27H,6-7,9,12-14,18H2,1-3H3/t25-,27+,28+,29+,30+/m0/s1. The van der Waals surface area contributed by atoms with Gasteiger partial charge >= 0.3 is 0 Å². The van der Waals surface area contributed by atoms with Gasteiger partial charge in [0.1, 0.15) is 0 Å². The Hall–Kier alpha value is -2.23. The molecule has 0 radical (unpaired) electrons. The molecule has 1 aromatic carbocycles. The van der Waals surface area contributed by atoms with Crippen LogP contribution < -0.4 is 0 Å². The Morgan fingerprint density at radius 3 is 2.88 bits per heavy atom. The first-order chi connectivity index (χ1) is 15.9. The highest BCUT2D eigenvalue weighted by molar-refractivity contribution is 5.87. The van der Waals surface area contributed by atoms with Gasteiger partial charge in [0, 0.05) is 35.2 Å². The number of rotatable bonds is 2. The minimum atomic E-state index is -0.110. The van der Waals surface area contributed by atoms with Crippen molar-refractivity contribution >= 4 is 16.3 Å². The number of pyridine rings is 1. The number of hydrogen-bond donors (Lipinski definition) is 0. The van der Waals surface area contributed by atoms with Crippen molar-refractivity contribution in [2.24, 2.45) is 11.3 Å². The topological polar surface area (TPSA) is 25.4 Å². The van der Waals surface area contributed by atoms with Crippen LogP contribution >= 0.6 is 0 Å². The highest BCUT2D eigenvalue weighted by Gasteiger charge is 2.65. The zero-order chi connectivity index (χ0) is 22.4. The van der Waals surface area contributed by atoms with Crippen LogP contribution in [0, 0.1) is 11.3 Å². The Morgan fingerprint density at radius 2 is 2.00 bits per heavy atom. The monoisotopic (exact) mass is 438 g/mol. The quantitative estimate of drug-likeness (QED) is 0.549. The minimum Gasteiger partial charge on any atom is -0.359 e. The lowest BCUT2D eigenvalue weighted by atomic mass is 9.58. The molecule has 2 spiro atoms. The largest absolute Gasteiger partial charge is 0.359 e. The van der Waals surface area contributed by atoms with E-state index in [0.29, 0.717) is 12.0 Å². The van der Waals surface area contributed by atoms with Crippen molar-refractivity contribution in [3.8, 4) is 0 Å². The molecule has 2 bridgehead atoms. The second kappa shape index (κ2) is 6.67. The fourth-order valence-corrected chi connectivity index (χ4v) is 8.10. The number of hydrogen-bond acceptors (Lipinski definition) is 3. The lowest BCUT2D eigenvalue weighted by Gasteiger charge is -2.54. The van der Waals surface area contributed by atoms with Crippen LogP contribution in [0.1, 0.15) is 57.4 Å². The number of benzene rings is 1. The highest BCUT2D eigenvalue weighted by Crippen LogP contribution is 2.67. The Balaban J connectivity index is 1.28. The van der Waals surface area contributed by atoms with Gasteiger partial charge in [0.05, 0.1) is 11.2 Å². The molecule has 1 aromatic heterocycles. The summed E-state index contributed by atoms with van der Waals surface area (Å²) >= 11 is 0. The zero-order valence-electron chi connectivity index (χ0n) is 20.1. The van der Waals surface area contributed by atoms with Crippen molar-refractivity contribution in [2.75, 3.05) is 14.1 Å². The molecule has 33 heavy (non-hydrogen) atoms. The van der Waals surface area contributed by atoms with Crippen molar-refractivity contribution in [1.82, 2.24) is 9.88 Å². The molecule has 1 saturated heterocycles. The second-order valence-electron chi connectivity index (χ2n) is 11.6. The van der Waals surface area contributed by atoms with Gasteiger partial charge in [-0.1, -0.05) is 37.3 Å². The van der Waals surface area contributed by atoms with E-state index in [9.17, 15) is 0 Å². The first-order valence-electron chi connectivity index (χ1n) is 12.8. The van der Waals surface area contributed by atoms with E-state index in [-0.39, 0.29) is 16.6 Å². The molecule has 3 heterocycles. The van der Waals surface area contributed by atoms with E-state index in [1.807, 2.05) is 12.4 Å². The van der Waals surface area contributed by atoms with Crippen molar-refractivity contribution in [2.45, 2.75) is 69.1 Å². The molecule has 3 nitrogen and oxygen atoms in total. The Bertz CT molecular complexity index is 1250. The summed E-state index contributed by atoms with van der Waals surface area (Å²) in [6.07, 6.45) is 19.7. The number of allylic oxidation sites excluding steroid dienone is 3. The van der Waals surface area contributed by atoms with Crippen LogP contribution in [0.15, 0.2) is 66.0 Å². The molecule has 1 saturated carbocycles. The normalized spacial score (nSPS) is 39.0. The molecule has 5 atom stereocenters. The van der Waals surface area contributed by atoms with Crippen LogP contribution in [0.2, 0.25) is 0 Å². The molecule has 2 aliphatic heterocycles. The molecular formula is C30H34N2O. The number of nitrogens with zero attached hydrogens (tertiary/aromatic N) is 2. The summed E-state index contributed by atoms with van der Waals surface area (Å²) in [5, 5.41) is 2.49. The van der Waals surface area contributed by atoms with Crippen molar-refractivity contribution in [3.05, 3.63) is 71.6 Å². The maximum Gasteiger partial charge on any atom is 0.0980 e. The molecule has 3 aliphatic carbocycles. The molecular weight excluding hydrogens is 404 g/mol. The van der Waals surface area contributed by atoms with Crippen LogP contribution in [0.4, 0.5) is 0 Å². The van der Waals surface area contributed by atoms with E-state index in [4.69, 9.17) is 4.74 Å². The van der Waals surface area contributed by atoms with E-state index in [1.165, 1.54) is 53.2 Å². The minimum absolute atomic E-state index is 0.0276. The van der Waals surface area contributed by atoms with Gasteiger partial charge in [-0.05, 0) is 98.8 Å². The van der Waals surface area contributed by atoms with Gasteiger partial charge in [-0.25, -0.2) is 0 Å². The second-order valence-corrected chi connectivity index (χ2v) is 11.6. The Kier molecular flexibility index (Phi) is 4.08. The molecule has 2 fully saturated rings. The van der Waals surface area contributed by atoms with Crippen LogP contribution in [0.3, 0.4) is 0 Å². The maximum absolute atomic E-state index is 7.39. The van der Waals surface area contributed by atoms with E-state index < -0.39 is 0 Å². The van der Waals surface area contributed by atoms with Crippen LogP contribution in [0.25, 0.3) is 16.3 Å². The van der Waals surface area contributed by atoms with E-state index in [2.05, 4.69) is 73.4 Å². The molecule has 0 amide bonds. The van der Waals surface area contributed by atoms with E-state index >= 15 is 0 Å². The van der Waals surface area contributed by atoms with Crippen LogP contribution in [-0.4, -0.2) is 41.2 Å². The van der Waals surface area contributed by atoms with Crippen molar-refractivity contribution < 1.29 is 4.74 Å². The number of ether oxygens (including phenoxy) is 1. The average molecular weight is 439 g/mol. The average Bonchev–Trinajstić information content (AvgIpc) is 3.33. The summed E-state index contributed by atoms with van der Waals surface area (Å²) in [7, 11) is 4.47. The lowest BCUT2D eigenvalue weighted by Crippen LogP contribution is -2.54. The van der Waals surface area contributed by atoms with Gasteiger partial charge < -0.3 is 9.64 Å². The van der Waals surface area contributed by atoms with Crippen LogP contribution in [0.5, 0.6) is 0 Å². The number of aromatic nitrogens is 1. The molecule has 5 aliphatic rings. The summed E-state index contributed by atoms with van der Waals surface area (Å²) in [6.45, 7) is 2.50. The van der Waals surface area contributed by atoms with Gasteiger partial charge in [0.15, 0.2) is 0 Å². The number of fused-ring (bicyclic) bond motifs is 2. The van der Waals surface area contributed by atoms with Gasteiger partial charge in [0.2, 0.25) is 0 Å². The lowest BCUT2D eigenvalue weighted by molar-refractivity contribution is -0.134. The third-order valence-corrected chi connectivity index (χ3v) is 9.93. The van der Waals surface area contributed by atoms with Gasteiger partial charge in [-0.3, -0.25) is 4.98 Å².